The quantitative estimate of drug-likeness (QED) is 0.463. The molecule has 0 radical (unpaired) electrons. The van der Waals surface area contributed by atoms with Crippen molar-refractivity contribution in [2.24, 2.45) is 0 Å². The normalized spacial score (nSPS) is 12.8. The van der Waals surface area contributed by atoms with Crippen molar-refractivity contribution in [2.75, 3.05) is 38.3 Å². The predicted molar refractivity (Wildman–Crippen MR) is 132 cm³/mol. The fourth-order valence-corrected chi connectivity index (χ4v) is 3.48. The summed E-state index contributed by atoms with van der Waals surface area (Å²) in [5.74, 6) is 0.394. The van der Waals surface area contributed by atoms with Crippen molar-refractivity contribution < 1.29 is 18.7 Å². The summed E-state index contributed by atoms with van der Waals surface area (Å²) in [7, 11) is 1.68. The molecule has 4 rings (SSSR count). The Kier molecular flexibility index (Phi) is 9.55. The SMILES string of the molecule is C.CC(=O)c1cc(F)cc(N2CCOCC2)c1.COc1ccc(-c2cc(C)cnc2C)cc1. The van der Waals surface area contributed by atoms with Gasteiger partial charge >= 0.3 is 0 Å². The van der Waals surface area contributed by atoms with Crippen LogP contribution in [0.15, 0.2) is 54.7 Å². The van der Waals surface area contributed by atoms with Gasteiger partial charge in [0.15, 0.2) is 5.78 Å². The molecule has 0 saturated carbocycles. The van der Waals surface area contributed by atoms with Crippen LogP contribution < -0.4 is 9.64 Å². The number of carbonyl (C=O) groups excluding carboxylic acids is 1. The second kappa shape index (κ2) is 12.1. The fraction of sp³-hybridized carbons (Fsp3) is 0.333. The van der Waals surface area contributed by atoms with Crippen LogP contribution in [0, 0.1) is 19.7 Å². The predicted octanol–water partition coefficient (Wildman–Crippen LogP) is 5.88. The highest BCUT2D eigenvalue weighted by Gasteiger charge is 2.14. The van der Waals surface area contributed by atoms with Gasteiger partial charge in [0.25, 0.3) is 0 Å². The molecular formula is C27H33FN2O3. The number of ether oxygens (including phenoxy) is 2. The average molecular weight is 453 g/mol. The summed E-state index contributed by atoms with van der Waals surface area (Å²) in [4.78, 5) is 17.6. The lowest BCUT2D eigenvalue weighted by Gasteiger charge is -2.29. The number of ketones is 1. The van der Waals surface area contributed by atoms with E-state index in [0.29, 0.717) is 18.8 Å². The van der Waals surface area contributed by atoms with Crippen molar-refractivity contribution in [3.05, 3.63) is 77.4 Å². The van der Waals surface area contributed by atoms with E-state index in [1.54, 1.807) is 13.2 Å². The topological polar surface area (TPSA) is 51.7 Å². The van der Waals surface area contributed by atoms with Gasteiger partial charge < -0.3 is 14.4 Å². The first kappa shape index (κ1) is 26.0. The van der Waals surface area contributed by atoms with Gasteiger partial charge in [-0.2, -0.15) is 0 Å². The van der Waals surface area contributed by atoms with E-state index in [1.807, 2.05) is 30.2 Å². The molecule has 5 nitrogen and oxygen atoms in total. The molecule has 0 amide bonds. The minimum Gasteiger partial charge on any atom is -0.497 e. The first-order chi connectivity index (χ1) is 15.4. The summed E-state index contributed by atoms with van der Waals surface area (Å²) in [5.41, 5.74) is 5.76. The molecule has 0 unspecified atom stereocenters. The van der Waals surface area contributed by atoms with Gasteiger partial charge in [0.1, 0.15) is 11.6 Å². The summed E-state index contributed by atoms with van der Waals surface area (Å²) >= 11 is 0. The summed E-state index contributed by atoms with van der Waals surface area (Å²) < 4.78 is 23.7. The molecule has 1 saturated heterocycles. The van der Waals surface area contributed by atoms with Crippen molar-refractivity contribution in [3.63, 3.8) is 0 Å². The van der Waals surface area contributed by atoms with E-state index in [4.69, 9.17) is 9.47 Å². The zero-order chi connectivity index (χ0) is 23.1. The highest BCUT2D eigenvalue weighted by molar-refractivity contribution is 5.95. The largest absolute Gasteiger partial charge is 0.497 e. The Hall–Kier alpha value is -3.25. The minimum atomic E-state index is -0.366. The number of hydrogen-bond donors (Lipinski definition) is 0. The number of Topliss-reactive ketones (excluding diaryl/α,β-unsaturated/α-hetero) is 1. The van der Waals surface area contributed by atoms with E-state index in [2.05, 4.69) is 30.1 Å². The third kappa shape index (κ3) is 7.12. The number of benzene rings is 2. The number of aryl methyl sites for hydroxylation is 2. The Morgan fingerprint density at radius 2 is 1.73 bits per heavy atom. The number of halogens is 1. The highest BCUT2D eigenvalue weighted by Crippen LogP contribution is 2.25. The van der Waals surface area contributed by atoms with E-state index in [0.717, 1.165) is 30.2 Å². The van der Waals surface area contributed by atoms with Crippen LogP contribution in [0.5, 0.6) is 5.75 Å². The molecule has 0 aliphatic carbocycles. The molecule has 0 N–H and O–H groups in total. The van der Waals surface area contributed by atoms with Gasteiger partial charge in [-0.25, -0.2) is 4.39 Å². The van der Waals surface area contributed by atoms with Crippen LogP contribution in [-0.4, -0.2) is 44.2 Å². The van der Waals surface area contributed by atoms with Crippen molar-refractivity contribution in [2.45, 2.75) is 28.2 Å². The number of aromatic nitrogens is 1. The Balaban J connectivity index is 0.000000227. The van der Waals surface area contributed by atoms with Crippen LogP contribution in [-0.2, 0) is 4.74 Å². The molecule has 1 aliphatic heterocycles. The van der Waals surface area contributed by atoms with E-state index < -0.39 is 0 Å². The summed E-state index contributed by atoms with van der Waals surface area (Å²) in [5, 5.41) is 0. The molecule has 33 heavy (non-hydrogen) atoms. The lowest BCUT2D eigenvalue weighted by molar-refractivity contribution is 0.101. The van der Waals surface area contributed by atoms with E-state index in [-0.39, 0.29) is 19.0 Å². The van der Waals surface area contributed by atoms with Crippen molar-refractivity contribution >= 4 is 11.5 Å². The molecule has 1 aliphatic rings. The summed E-state index contributed by atoms with van der Waals surface area (Å²) in [6.07, 6.45) is 1.89. The summed E-state index contributed by atoms with van der Waals surface area (Å²) in [6, 6.07) is 14.7. The first-order valence-electron chi connectivity index (χ1n) is 10.6. The van der Waals surface area contributed by atoms with Gasteiger partial charge in [-0.1, -0.05) is 19.6 Å². The molecule has 1 fully saturated rings. The van der Waals surface area contributed by atoms with E-state index in [1.165, 1.54) is 35.7 Å². The van der Waals surface area contributed by atoms with Crippen LogP contribution in [0.3, 0.4) is 0 Å². The third-order valence-corrected chi connectivity index (χ3v) is 5.29. The molecule has 1 aromatic heterocycles. The number of carbonyl (C=O) groups is 1. The fourth-order valence-electron chi connectivity index (χ4n) is 3.48. The van der Waals surface area contributed by atoms with E-state index in [9.17, 15) is 9.18 Å². The van der Waals surface area contributed by atoms with Crippen molar-refractivity contribution in [1.29, 1.82) is 0 Å². The van der Waals surface area contributed by atoms with Crippen LogP contribution in [0.1, 0.15) is 36.0 Å². The lowest BCUT2D eigenvalue weighted by Crippen LogP contribution is -2.36. The average Bonchev–Trinajstić information content (AvgIpc) is 2.81. The van der Waals surface area contributed by atoms with Gasteiger partial charge in [-0.15, -0.1) is 0 Å². The van der Waals surface area contributed by atoms with Gasteiger partial charge in [-0.3, -0.25) is 9.78 Å². The number of methoxy groups -OCH3 is 1. The maximum atomic E-state index is 13.3. The second-order valence-electron chi connectivity index (χ2n) is 7.73. The number of nitrogens with zero attached hydrogens (tertiary/aromatic N) is 2. The van der Waals surface area contributed by atoms with E-state index >= 15 is 0 Å². The number of morpholine rings is 1. The minimum absolute atomic E-state index is 0. The molecule has 0 atom stereocenters. The maximum absolute atomic E-state index is 13.3. The van der Waals surface area contributed by atoms with Gasteiger partial charge in [0, 0.05) is 41.8 Å². The molecule has 0 spiro atoms. The monoisotopic (exact) mass is 452 g/mol. The first-order valence-corrected chi connectivity index (χ1v) is 10.6. The zero-order valence-corrected chi connectivity index (χ0v) is 19.0. The smallest absolute Gasteiger partial charge is 0.159 e. The van der Waals surface area contributed by atoms with Crippen molar-refractivity contribution in [1.82, 2.24) is 4.98 Å². The van der Waals surface area contributed by atoms with Crippen LogP contribution >= 0.6 is 0 Å². The number of rotatable bonds is 4. The molecule has 3 aromatic rings. The Bertz CT molecular complexity index is 1060. The van der Waals surface area contributed by atoms with Gasteiger partial charge in [0.05, 0.1) is 20.3 Å². The molecule has 2 heterocycles. The molecular weight excluding hydrogens is 419 g/mol. The second-order valence-corrected chi connectivity index (χ2v) is 7.73. The van der Waals surface area contributed by atoms with Crippen molar-refractivity contribution in [3.8, 4) is 16.9 Å². The molecule has 2 aromatic carbocycles. The maximum Gasteiger partial charge on any atom is 0.159 e. The highest BCUT2D eigenvalue weighted by atomic mass is 19.1. The number of pyridine rings is 1. The standard InChI is InChI=1S/C14H15NO.C12H14FNO2.CH4/c1-10-8-14(11(2)15-9-10)12-4-6-13(16-3)7-5-12;1-9(15)10-6-11(13)8-12(7-10)14-2-4-16-5-3-14;/h4-9H,1-3H3;6-8H,2-5H2,1H3;1H4. The third-order valence-electron chi connectivity index (χ3n) is 5.29. The number of hydrogen-bond acceptors (Lipinski definition) is 5. The Morgan fingerprint density at radius 1 is 1.06 bits per heavy atom. The molecule has 6 heteroatoms. The zero-order valence-electron chi connectivity index (χ0n) is 19.0. The van der Waals surface area contributed by atoms with Gasteiger partial charge in [0.2, 0.25) is 0 Å². The molecule has 176 valence electrons. The van der Waals surface area contributed by atoms with Gasteiger partial charge in [-0.05, 0) is 68.3 Å². The van der Waals surface area contributed by atoms with Crippen LogP contribution in [0.2, 0.25) is 0 Å². The number of anilines is 1. The molecule has 0 bridgehead atoms. The Morgan fingerprint density at radius 3 is 2.33 bits per heavy atom. The summed E-state index contributed by atoms with van der Waals surface area (Å²) in [6.45, 7) is 8.29. The van der Waals surface area contributed by atoms with Crippen LogP contribution in [0.4, 0.5) is 10.1 Å². The lowest BCUT2D eigenvalue weighted by atomic mass is 10.0. The van der Waals surface area contributed by atoms with Crippen LogP contribution in [0.25, 0.3) is 11.1 Å². The Labute approximate surface area is 196 Å².